The molecule has 4 heteroatoms. The third kappa shape index (κ3) is 3.69. The molecule has 0 amide bonds. The van der Waals surface area contributed by atoms with E-state index in [4.69, 9.17) is 0 Å². The molecule has 1 atom stereocenters. The van der Waals surface area contributed by atoms with Crippen LogP contribution >= 0.6 is 43.2 Å². The van der Waals surface area contributed by atoms with Gasteiger partial charge in [0.1, 0.15) is 0 Å². The van der Waals surface area contributed by atoms with Gasteiger partial charge >= 0.3 is 0 Å². The van der Waals surface area contributed by atoms with Gasteiger partial charge in [-0.25, -0.2) is 0 Å². The maximum atomic E-state index is 3.67. The maximum Gasteiger partial charge on any atom is 0.0682 e. The smallest absolute Gasteiger partial charge is 0.0682 e. The van der Waals surface area contributed by atoms with Gasteiger partial charge in [-0.3, -0.25) is 0 Å². The van der Waals surface area contributed by atoms with Crippen molar-refractivity contribution in [3.63, 3.8) is 0 Å². The first-order valence-corrected chi connectivity index (χ1v) is 8.82. The van der Waals surface area contributed by atoms with Gasteiger partial charge in [-0.05, 0) is 42.8 Å². The largest absolute Gasteiger partial charge is 0.306 e. The van der Waals surface area contributed by atoms with Crippen molar-refractivity contribution >= 4 is 43.2 Å². The van der Waals surface area contributed by atoms with Crippen LogP contribution < -0.4 is 5.32 Å². The minimum atomic E-state index is 0.262. The molecule has 1 unspecified atom stereocenters. The van der Waals surface area contributed by atoms with Crippen LogP contribution in [0.2, 0.25) is 0 Å². The van der Waals surface area contributed by atoms with Crippen LogP contribution in [-0.4, -0.2) is 6.54 Å². The quantitative estimate of drug-likeness (QED) is 0.692. The molecule has 102 valence electrons. The molecule has 0 aliphatic rings. The van der Waals surface area contributed by atoms with Gasteiger partial charge in [0.15, 0.2) is 0 Å². The summed E-state index contributed by atoms with van der Waals surface area (Å²) < 4.78 is 2.23. The van der Waals surface area contributed by atoms with Crippen molar-refractivity contribution in [2.45, 2.75) is 26.3 Å². The molecule has 0 bridgehead atoms. The van der Waals surface area contributed by atoms with E-state index in [1.54, 1.807) is 0 Å². The fourth-order valence-electron chi connectivity index (χ4n) is 2.04. The van der Waals surface area contributed by atoms with Crippen molar-refractivity contribution < 1.29 is 0 Å². The number of aryl methyl sites for hydroxylation is 1. The lowest BCUT2D eigenvalue weighted by Gasteiger charge is -2.18. The maximum absolute atomic E-state index is 3.67. The molecular formula is C15H17Br2NS. The lowest BCUT2D eigenvalue weighted by atomic mass is 10.1. The Hall–Kier alpha value is -0.160. The third-order valence-electron chi connectivity index (χ3n) is 3.00. The molecule has 1 aromatic carbocycles. The van der Waals surface area contributed by atoms with Crippen molar-refractivity contribution in [3.05, 3.63) is 54.6 Å². The number of thiophene rings is 1. The van der Waals surface area contributed by atoms with Crippen LogP contribution in [-0.2, 0) is 6.42 Å². The van der Waals surface area contributed by atoms with Gasteiger partial charge < -0.3 is 5.32 Å². The molecule has 19 heavy (non-hydrogen) atoms. The average molecular weight is 403 g/mol. The van der Waals surface area contributed by atoms with Crippen LogP contribution in [0, 0.1) is 0 Å². The molecule has 2 aromatic rings. The highest BCUT2D eigenvalue weighted by molar-refractivity contribution is 9.11. The minimum Gasteiger partial charge on any atom is -0.306 e. The van der Waals surface area contributed by atoms with Crippen molar-refractivity contribution in [1.82, 2.24) is 5.32 Å². The first kappa shape index (κ1) is 15.2. The van der Waals surface area contributed by atoms with Gasteiger partial charge in [0.25, 0.3) is 0 Å². The third-order valence-corrected chi connectivity index (χ3v) is 5.47. The van der Waals surface area contributed by atoms with Crippen molar-refractivity contribution in [2.24, 2.45) is 0 Å². The van der Waals surface area contributed by atoms with E-state index in [-0.39, 0.29) is 6.04 Å². The van der Waals surface area contributed by atoms with Crippen LogP contribution in [0.5, 0.6) is 0 Å². The number of benzene rings is 1. The number of nitrogens with one attached hydrogen (secondary N) is 1. The van der Waals surface area contributed by atoms with Crippen LogP contribution in [0.25, 0.3) is 0 Å². The second kappa shape index (κ2) is 7.02. The Kier molecular flexibility index (Phi) is 5.63. The summed E-state index contributed by atoms with van der Waals surface area (Å²) in [5.41, 5.74) is 1.29. The predicted octanol–water partition coefficient (Wildman–Crippen LogP) is 5.53. The molecule has 0 spiro atoms. The SMILES string of the molecule is CCNC(c1ccc(CC)s1)c1ccc(Br)cc1Br. The number of rotatable bonds is 5. The highest BCUT2D eigenvalue weighted by Gasteiger charge is 2.17. The Morgan fingerprint density at radius 3 is 2.53 bits per heavy atom. The van der Waals surface area contributed by atoms with E-state index >= 15 is 0 Å². The number of hydrogen-bond donors (Lipinski definition) is 1. The lowest BCUT2D eigenvalue weighted by Crippen LogP contribution is -2.21. The van der Waals surface area contributed by atoms with Gasteiger partial charge in [0, 0.05) is 18.7 Å². The first-order valence-electron chi connectivity index (χ1n) is 6.42. The second-order valence-corrected chi connectivity index (χ2v) is 7.28. The average Bonchev–Trinajstić information content (AvgIpc) is 2.85. The van der Waals surface area contributed by atoms with Gasteiger partial charge in [-0.15, -0.1) is 11.3 Å². The van der Waals surface area contributed by atoms with E-state index in [9.17, 15) is 0 Å². The Morgan fingerprint density at radius 1 is 1.16 bits per heavy atom. The summed E-state index contributed by atoms with van der Waals surface area (Å²) in [5, 5.41) is 3.58. The normalized spacial score (nSPS) is 12.6. The first-order chi connectivity index (χ1) is 9.15. The van der Waals surface area contributed by atoms with E-state index < -0.39 is 0 Å². The predicted molar refractivity (Wildman–Crippen MR) is 91.1 cm³/mol. The van der Waals surface area contributed by atoms with Crippen LogP contribution in [0.4, 0.5) is 0 Å². The lowest BCUT2D eigenvalue weighted by molar-refractivity contribution is 0.637. The van der Waals surface area contributed by atoms with E-state index in [2.05, 4.69) is 81.4 Å². The van der Waals surface area contributed by atoms with Gasteiger partial charge in [-0.2, -0.15) is 0 Å². The van der Waals surface area contributed by atoms with Gasteiger partial charge in [-0.1, -0.05) is 51.8 Å². The minimum absolute atomic E-state index is 0.262. The van der Waals surface area contributed by atoms with Crippen LogP contribution in [0.3, 0.4) is 0 Å². The molecule has 1 aromatic heterocycles. The van der Waals surface area contributed by atoms with Crippen LogP contribution in [0.15, 0.2) is 39.3 Å². The Bertz CT molecular complexity index is 551. The molecule has 1 nitrogen and oxygen atoms in total. The highest BCUT2D eigenvalue weighted by Crippen LogP contribution is 2.34. The van der Waals surface area contributed by atoms with Gasteiger partial charge in [0.05, 0.1) is 6.04 Å². The summed E-state index contributed by atoms with van der Waals surface area (Å²) in [7, 11) is 0. The van der Waals surface area contributed by atoms with Crippen molar-refractivity contribution in [1.29, 1.82) is 0 Å². The number of halogens is 2. The molecule has 0 saturated carbocycles. The van der Waals surface area contributed by atoms with E-state index in [0.29, 0.717) is 0 Å². The molecule has 1 N–H and O–H groups in total. The van der Waals surface area contributed by atoms with Gasteiger partial charge in [0.2, 0.25) is 0 Å². The molecule has 0 aliphatic heterocycles. The fourth-order valence-corrected chi connectivity index (χ4v) is 4.37. The summed E-state index contributed by atoms with van der Waals surface area (Å²) in [6.07, 6.45) is 1.10. The zero-order chi connectivity index (χ0) is 13.8. The fraction of sp³-hybridized carbons (Fsp3) is 0.333. The molecular weight excluding hydrogens is 386 g/mol. The highest BCUT2D eigenvalue weighted by atomic mass is 79.9. The number of hydrogen-bond acceptors (Lipinski definition) is 2. The molecule has 0 saturated heterocycles. The zero-order valence-corrected chi connectivity index (χ0v) is 15.0. The summed E-state index contributed by atoms with van der Waals surface area (Å²) in [6, 6.07) is 11.1. The Labute approximate surface area is 135 Å². The standard InChI is InChI=1S/C15H17Br2NS/c1-3-11-6-8-14(19-11)15(18-4-2)12-7-5-10(16)9-13(12)17/h5-9,15,18H,3-4H2,1-2H3. The molecule has 1 heterocycles. The molecule has 0 radical (unpaired) electrons. The second-order valence-electron chi connectivity index (χ2n) is 4.31. The van der Waals surface area contributed by atoms with E-state index in [0.717, 1.165) is 21.9 Å². The monoisotopic (exact) mass is 401 g/mol. The van der Waals surface area contributed by atoms with E-state index in [1.165, 1.54) is 15.3 Å². The van der Waals surface area contributed by atoms with Crippen molar-refractivity contribution in [3.8, 4) is 0 Å². The molecule has 0 fully saturated rings. The summed E-state index contributed by atoms with van der Waals surface area (Å²) in [4.78, 5) is 2.81. The summed E-state index contributed by atoms with van der Waals surface area (Å²) in [6.45, 7) is 5.30. The molecule has 2 rings (SSSR count). The van der Waals surface area contributed by atoms with E-state index in [1.807, 2.05) is 11.3 Å². The van der Waals surface area contributed by atoms with Crippen LogP contribution in [0.1, 0.15) is 35.2 Å². The van der Waals surface area contributed by atoms with Crippen molar-refractivity contribution in [2.75, 3.05) is 6.54 Å². The topological polar surface area (TPSA) is 12.0 Å². The zero-order valence-electron chi connectivity index (χ0n) is 11.0. The molecule has 0 aliphatic carbocycles. The Morgan fingerprint density at radius 2 is 1.95 bits per heavy atom. The summed E-state index contributed by atoms with van der Waals surface area (Å²) in [5.74, 6) is 0. The Balaban J connectivity index is 2.38. The summed E-state index contributed by atoms with van der Waals surface area (Å²) >= 11 is 9.08.